The molecule has 9 heteroatoms. The summed E-state index contributed by atoms with van der Waals surface area (Å²) in [6, 6.07) is 19.2. The van der Waals surface area contributed by atoms with Crippen LogP contribution in [0.25, 0.3) is 0 Å². The summed E-state index contributed by atoms with van der Waals surface area (Å²) in [6.07, 6.45) is 4.18. The number of nitrogens with zero attached hydrogens (tertiary/aromatic N) is 2. The zero-order valence-corrected chi connectivity index (χ0v) is 21.2. The van der Waals surface area contributed by atoms with Crippen LogP contribution in [0.3, 0.4) is 0 Å². The number of benzene rings is 2. The van der Waals surface area contributed by atoms with E-state index in [1.807, 2.05) is 60.7 Å². The van der Waals surface area contributed by atoms with Crippen molar-refractivity contribution < 1.29 is 22.8 Å². The summed E-state index contributed by atoms with van der Waals surface area (Å²) in [4.78, 5) is 18.8. The lowest BCUT2D eigenvalue weighted by molar-refractivity contribution is -0.116. The topological polar surface area (TPSA) is 97.3 Å². The highest BCUT2D eigenvalue weighted by Gasteiger charge is 2.46. The zero-order chi connectivity index (χ0) is 25.0. The fourth-order valence-corrected chi connectivity index (χ4v) is 6.81. The molecule has 5 rings (SSSR count). The van der Waals surface area contributed by atoms with Crippen LogP contribution in [0.4, 0.5) is 0 Å². The van der Waals surface area contributed by atoms with Gasteiger partial charge in [0.05, 0.1) is 24.5 Å². The monoisotopic (exact) mass is 511 g/mol. The van der Waals surface area contributed by atoms with Crippen molar-refractivity contribution in [1.82, 2.24) is 9.62 Å². The minimum absolute atomic E-state index is 0.0131. The number of oxime groups is 1. The van der Waals surface area contributed by atoms with Crippen LogP contribution < -0.4 is 5.32 Å². The van der Waals surface area contributed by atoms with Crippen molar-refractivity contribution in [2.24, 2.45) is 5.16 Å². The van der Waals surface area contributed by atoms with Gasteiger partial charge in [0, 0.05) is 32.4 Å². The Morgan fingerprint density at radius 2 is 1.69 bits per heavy atom. The first kappa shape index (κ1) is 24.9. The molecule has 2 aromatic rings. The van der Waals surface area contributed by atoms with Crippen molar-refractivity contribution >= 4 is 21.6 Å². The number of carbonyl (C=O) groups is 1. The maximum absolute atomic E-state index is 13.0. The van der Waals surface area contributed by atoms with Gasteiger partial charge in [-0.15, -0.1) is 0 Å². The van der Waals surface area contributed by atoms with Gasteiger partial charge in [0.25, 0.3) is 5.91 Å². The Balaban J connectivity index is 1.11. The molecule has 2 fully saturated rings. The summed E-state index contributed by atoms with van der Waals surface area (Å²) in [5.41, 5.74) is 1.66. The summed E-state index contributed by atoms with van der Waals surface area (Å²) in [5.74, 6) is -0.230. The predicted octanol–water partition coefficient (Wildman–Crippen LogP) is 3.38. The summed E-state index contributed by atoms with van der Waals surface area (Å²) in [7, 11) is -3.41. The SMILES string of the molecule is O=C(NC1CCCC1OCc1ccccc1)C1=NOC2(CCN(S(=O)(=O)Cc3ccccc3)CC2)C1. The largest absolute Gasteiger partial charge is 0.388 e. The van der Waals surface area contributed by atoms with Gasteiger partial charge in [-0.2, -0.15) is 0 Å². The Morgan fingerprint density at radius 3 is 2.39 bits per heavy atom. The van der Waals surface area contributed by atoms with Crippen molar-refractivity contribution in [2.75, 3.05) is 13.1 Å². The Bertz CT molecular complexity index is 1180. The highest BCUT2D eigenvalue weighted by molar-refractivity contribution is 7.88. The summed E-state index contributed by atoms with van der Waals surface area (Å²) < 4.78 is 33.4. The first-order valence-electron chi connectivity index (χ1n) is 12.7. The van der Waals surface area contributed by atoms with Gasteiger partial charge >= 0.3 is 0 Å². The fourth-order valence-electron chi connectivity index (χ4n) is 5.28. The van der Waals surface area contributed by atoms with Crippen LogP contribution in [0, 0.1) is 0 Å². The van der Waals surface area contributed by atoms with Gasteiger partial charge in [-0.3, -0.25) is 4.79 Å². The van der Waals surface area contributed by atoms with Gasteiger partial charge < -0.3 is 14.9 Å². The molecule has 1 spiro atoms. The molecule has 1 amide bonds. The molecule has 36 heavy (non-hydrogen) atoms. The average molecular weight is 512 g/mol. The maximum atomic E-state index is 13.0. The van der Waals surface area contributed by atoms with Gasteiger partial charge in [0.1, 0.15) is 11.3 Å². The van der Waals surface area contributed by atoms with Crippen molar-refractivity contribution in [3.63, 3.8) is 0 Å². The molecule has 1 N–H and O–H groups in total. The molecule has 1 saturated carbocycles. The first-order chi connectivity index (χ1) is 17.4. The second-order valence-corrected chi connectivity index (χ2v) is 11.9. The molecule has 8 nitrogen and oxygen atoms in total. The Kier molecular flexibility index (Phi) is 7.41. The Labute approximate surface area is 212 Å². The first-order valence-corrected chi connectivity index (χ1v) is 14.3. The molecule has 0 aromatic heterocycles. The molecule has 2 unspecified atom stereocenters. The molecule has 2 aliphatic heterocycles. The minimum atomic E-state index is -3.41. The summed E-state index contributed by atoms with van der Waals surface area (Å²) in [6.45, 7) is 1.24. The third-order valence-corrected chi connectivity index (χ3v) is 9.25. The van der Waals surface area contributed by atoms with Crippen LogP contribution in [-0.4, -0.2) is 55.2 Å². The standard InChI is InChI=1S/C27H33N3O5S/c31-26(28-23-12-7-13-25(23)34-19-21-8-3-1-4-9-21)24-18-27(35-29-24)14-16-30(17-15-27)36(32,33)20-22-10-5-2-6-11-22/h1-6,8-11,23,25H,7,12-20H2,(H,28,31). The number of piperidine rings is 1. The van der Waals surface area contributed by atoms with Gasteiger partial charge in [-0.1, -0.05) is 65.8 Å². The highest BCUT2D eigenvalue weighted by atomic mass is 32.2. The molecule has 192 valence electrons. The fraction of sp³-hybridized carbons (Fsp3) is 0.481. The molecule has 0 radical (unpaired) electrons. The number of carbonyl (C=O) groups excluding carboxylic acids is 1. The van der Waals surface area contributed by atoms with E-state index in [0.717, 1.165) is 30.4 Å². The van der Waals surface area contributed by atoms with Crippen molar-refractivity contribution in [3.8, 4) is 0 Å². The minimum Gasteiger partial charge on any atom is -0.388 e. The summed E-state index contributed by atoms with van der Waals surface area (Å²) >= 11 is 0. The molecule has 3 aliphatic rings. The van der Waals surface area contributed by atoms with Gasteiger partial charge in [0.15, 0.2) is 0 Å². The van der Waals surface area contributed by atoms with Gasteiger partial charge in [-0.05, 0) is 30.4 Å². The third-order valence-electron chi connectivity index (χ3n) is 7.40. The smallest absolute Gasteiger partial charge is 0.269 e. The molecular formula is C27H33N3O5S. The number of hydrogen-bond donors (Lipinski definition) is 1. The van der Waals surface area contributed by atoms with E-state index in [0.29, 0.717) is 44.7 Å². The second kappa shape index (κ2) is 10.7. The summed E-state index contributed by atoms with van der Waals surface area (Å²) in [5, 5.41) is 7.23. The number of hydrogen-bond acceptors (Lipinski definition) is 6. The van der Waals surface area contributed by atoms with E-state index in [1.165, 1.54) is 4.31 Å². The third kappa shape index (κ3) is 5.79. The Hall–Kier alpha value is -2.75. The van der Waals surface area contributed by atoms with Crippen molar-refractivity contribution in [2.45, 2.75) is 68.6 Å². The van der Waals surface area contributed by atoms with E-state index < -0.39 is 15.6 Å². The molecule has 2 aromatic carbocycles. The number of nitrogens with one attached hydrogen (secondary N) is 1. The lowest BCUT2D eigenvalue weighted by atomic mass is 9.87. The second-order valence-electron chi connectivity index (χ2n) is 9.98. The molecule has 2 atom stereocenters. The van der Waals surface area contributed by atoms with Crippen LogP contribution in [0.1, 0.15) is 49.7 Å². The van der Waals surface area contributed by atoms with E-state index in [2.05, 4.69) is 10.5 Å². The Morgan fingerprint density at radius 1 is 1.03 bits per heavy atom. The van der Waals surface area contributed by atoms with E-state index in [4.69, 9.17) is 9.57 Å². The normalized spacial score (nSPS) is 23.8. The van der Waals surface area contributed by atoms with Crippen LogP contribution >= 0.6 is 0 Å². The average Bonchev–Trinajstić information content (AvgIpc) is 3.51. The lowest BCUT2D eigenvalue weighted by Crippen LogP contribution is -2.48. The zero-order valence-electron chi connectivity index (χ0n) is 20.3. The van der Waals surface area contributed by atoms with Crippen LogP contribution in [-0.2, 0) is 36.8 Å². The molecule has 1 saturated heterocycles. The number of ether oxygens (including phenoxy) is 1. The molecule has 1 aliphatic carbocycles. The molecule has 0 bridgehead atoms. The molecular weight excluding hydrogens is 478 g/mol. The molecule has 2 heterocycles. The highest BCUT2D eigenvalue weighted by Crippen LogP contribution is 2.36. The number of amides is 1. The van der Waals surface area contributed by atoms with Gasteiger partial charge in [-0.25, -0.2) is 12.7 Å². The van der Waals surface area contributed by atoms with E-state index in [-0.39, 0.29) is 23.8 Å². The number of sulfonamides is 1. The maximum Gasteiger partial charge on any atom is 0.269 e. The van der Waals surface area contributed by atoms with Crippen LogP contribution in [0.15, 0.2) is 65.8 Å². The predicted molar refractivity (Wildman–Crippen MR) is 137 cm³/mol. The lowest BCUT2D eigenvalue weighted by Gasteiger charge is -2.36. The van der Waals surface area contributed by atoms with Crippen molar-refractivity contribution in [1.29, 1.82) is 0 Å². The van der Waals surface area contributed by atoms with E-state index in [9.17, 15) is 13.2 Å². The van der Waals surface area contributed by atoms with E-state index >= 15 is 0 Å². The quantitative estimate of drug-likeness (QED) is 0.586. The van der Waals surface area contributed by atoms with Crippen LogP contribution in [0.2, 0.25) is 0 Å². The van der Waals surface area contributed by atoms with Crippen molar-refractivity contribution in [3.05, 3.63) is 71.8 Å². The van der Waals surface area contributed by atoms with Gasteiger partial charge in [0.2, 0.25) is 10.0 Å². The van der Waals surface area contributed by atoms with E-state index in [1.54, 1.807) is 0 Å². The van der Waals surface area contributed by atoms with Crippen LogP contribution in [0.5, 0.6) is 0 Å². The number of rotatable bonds is 8.